The maximum absolute atomic E-state index is 13.3. The van der Waals surface area contributed by atoms with E-state index in [1.165, 1.54) is 32.1 Å². The van der Waals surface area contributed by atoms with Crippen LogP contribution < -0.4 is 0 Å². The second-order valence-corrected chi connectivity index (χ2v) is 11.0. The van der Waals surface area contributed by atoms with E-state index in [0.29, 0.717) is 41.9 Å². The number of ether oxygens (including phenoxy) is 1. The van der Waals surface area contributed by atoms with Gasteiger partial charge in [0.25, 0.3) is 0 Å². The summed E-state index contributed by atoms with van der Waals surface area (Å²) in [5, 5.41) is 0. The molecule has 32 heavy (non-hydrogen) atoms. The van der Waals surface area contributed by atoms with Gasteiger partial charge in [0.05, 0.1) is 5.92 Å². The molecule has 8 heteroatoms. The van der Waals surface area contributed by atoms with Crippen molar-refractivity contribution >= 4 is 0 Å². The van der Waals surface area contributed by atoms with Crippen LogP contribution in [0.1, 0.15) is 78.1 Å². The van der Waals surface area contributed by atoms with Crippen molar-refractivity contribution in [3.8, 4) is 0 Å². The van der Waals surface area contributed by atoms with Crippen molar-refractivity contribution in [2.45, 2.75) is 84.2 Å². The Labute approximate surface area is 242 Å². The summed E-state index contributed by atoms with van der Waals surface area (Å²) in [5.41, 5.74) is 0.449. The number of hydrogen-bond donors (Lipinski definition) is 0. The van der Waals surface area contributed by atoms with Gasteiger partial charge in [0.15, 0.2) is 0 Å². The predicted octanol–water partition coefficient (Wildman–Crippen LogP) is 5.45. The molecule has 4 N–H and O–H groups in total. The SMILES string of the molecule is COCC[C@@H](C)C1CCC2C3CCC4CC(C(F)(F)F)CCC4C3CCC21C.O.O.[Y].[Y]. The average molecular weight is 614 g/mol. The first-order valence-corrected chi connectivity index (χ1v) is 11.8. The zero-order chi connectivity index (χ0) is 20.1. The molecule has 0 amide bonds. The number of rotatable bonds is 4. The Hall–Kier alpha value is 1.88. The Morgan fingerprint density at radius 1 is 0.906 bits per heavy atom. The van der Waals surface area contributed by atoms with E-state index >= 15 is 0 Å². The largest absolute Gasteiger partial charge is 0.412 e. The van der Waals surface area contributed by atoms with Gasteiger partial charge in [-0.25, -0.2) is 0 Å². The first-order valence-electron chi connectivity index (χ1n) is 11.8. The molecule has 0 saturated heterocycles. The van der Waals surface area contributed by atoms with Crippen LogP contribution in [0.2, 0.25) is 0 Å². The predicted molar refractivity (Wildman–Crippen MR) is 113 cm³/mol. The van der Waals surface area contributed by atoms with Crippen LogP contribution in [0.15, 0.2) is 0 Å². The van der Waals surface area contributed by atoms with Gasteiger partial charge in [-0.2, -0.15) is 13.2 Å². The van der Waals surface area contributed by atoms with Gasteiger partial charge in [0, 0.05) is 79.1 Å². The van der Waals surface area contributed by atoms with E-state index in [1.54, 1.807) is 7.11 Å². The standard InChI is InChI=1S/C24H39F3O.2H2O.2Y/c1-15(11-13-28-3)21-8-9-22-20-6-4-16-14-17(24(25,26)27)5-7-18(16)19(20)10-12-23(21,22)2;;;;/h15-22H,4-14H2,1-3H3;2*1H2;;/t15-,16?,17?,18?,19?,20?,21?,22?,23?;;;;/m1..../s1. The van der Waals surface area contributed by atoms with Gasteiger partial charge in [-0.1, -0.05) is 13.8 Å². The van der Waals surface area contributed by atoms with Gasteiger partial charge in [0.2, 0.25) is 0 Å². The molecule has 0 aromatic rings. The summed E-state index contributed by atoms with van der Waals surface area (Å²) < 4.78 is 45.1. The summed E-state index contributed by atoms with van der Waals surface area (Å²) in [6.45, 7) is 5.83. The summed E-state index contributed by atoms with van der Waals surface area (Å²) in [4.78, 5) is 0. The van der Waals surface area contributed by atoms with Crippen molar-refractivity contribution in [2.24, 2.45) is 52.8 Å². The first kappa shape index (κ1) is 33.9. The molecule has 184 valence electrons. The van der Waals surface area contributed by atoms with E-state index in [9.17, 15) is 13.2 Å². The third-order valence-corrected chi connectivity index (χ3v) is 9.95. The molecular weight excluding hydrogens is 571 g/mol. The molecule has 4 aliphatic rings. The van der Waals surface area contributed by atoms with Crippen molar-refractivity contribution in [1.82, 2.24) is 0 Å². The average Bonchev–Trinajstić information content (AvgIpc) is 3.02. The molecule has 3 nitrogen and oxygen atoms in total. The minimum absolute atomic E-state index is 0. The Bertz CT molecular complexity index is 565. The van der Waals surface area contributed by atoms with E-state index in [0.717, 1.165) is 43.6 Å². The van der Waals surface area contributed by atoms with Gasteiger partial charge in [0.1, 0.15) is 0 Å². The number of methoxy groups -OCH3 is 1. The minimum Gasteiger partial charge on any atom is -0.412 e. The molecule has 0 spiro atoms. The van der Waals surface area contributed by atoms with Crippen molar-refractivity contribution in [3.05, 3.63) is 0 Å². The molecule has 0 aromatic carbocycles. The molecule has 2 radical (unpaired) electrons. The third kappa shape index (κ3) is 6.41. The quantitative estimate of drug-likeness (QED) is 0.415. The van der Waals surface area contributed by atoms with Crippen LogP contribution >= 0.6 is 0 Å². The van der Waals surface area contributed by atoms with Gasteiger partial charge in [-0.15, -0.1) is 0 Å². The van der Waals surface area contributed by atoms with Crippen LogP contribution in [0, 0.1) is 52.8 Å². The molecular formula is C24H43F3O3Y2. The maximum Gasteiger partial charge on any atom is 0.391 e. The second kappa shape index (κ2) is 13.4. The van der Waals surface area contributed by atoms with Crippen molar-refractivity contribution in [3.63, 3.8) is 0 Å². The topological polar surface area (TPSA) is 72.2 Å². The van der Waals surface area contributed by atoms with Gasteiger partial charge in [-0.05, 0) is 111 Å². The molecule has 4 rings (SSSR count). The summed E-state index contributed by atoms with van der Waals surface area (Å²) in [7, 11) is 1.79. The number of halogens is 3. The molecule has 4 aliphatic carbocycles. The summed E-state index contributed by atoms with van der Waals surface area (Å²) in [6, 6.07) is 0. The number of fused-ring (bicyclic) bond motifs is 5. The Morgan fingerprint density at radius 2 is 1.56 bits per heavy atom. The van der Waals surface area contributed by atoms with E-state index in [-0.39, 0.29) is 76.4 Å². The number of hydrogen-bond acceptors (Lipinski definition) is 1. The van der Waals surface area contributed by atoms with Crippen LogP contribution in [-0.4, -0.2) is 30.8 Å². The fourth-order valence-corrected chi connectivity index (χ4v) is 8.63. The number of alkyl halides is 3. The van der Waals surface area contributed by atoms with Crippen molar-refractivity contribution < 1.29 is 94.3 Å². The molecule has 8 unspecified atom stereocenters. The van der Waals surface area contributed by atoms with Crippen LogP contribution in [-0.2, 0) is 70.2 Å². The van der Waals surface area contributed by atoms with Crippen LogP contribution in [0.25, 0.3) is 0 Å². The van der Waals surface area contributed by atoms with Gasteiger partial charge < -0.3 is 15.7 Å². The zero-order valence-corrected chi connectivity index (χ0v) is 25.8. The summed E-state index contributed by atoms with van der Waals surface area (Å²) >= 11 is 0. The Kier molecular flexibility index (Phi) is 14.2. The molecule has 0 bridgehead atoms. The molecule has 0 aliphatic heterocycles. The molecule has 9 atom stereocenters. The van der Waals surface area contributed by atoms with Gasteiger partial charge in [-0.3, -0.25) is 0 Å². The van der Waals surface area contributed by atoms with Gasteiger partial charge >= 0.3 is 6.18 Å². The molecule has 0 aromatic heterocycles. The fraction of sp³-hybridized carbons (Fsp3) is 1.00. The molecule has 4 saturated carbocycles. The van der Waals surface area contributed by atoms with E-state index in [2.05, 4.69) is 13.8 Å². The first-order chi connectivity index (χ1) is 13.3. The van der Waals surface area contributed by atoms with E-state index < -0.39 is 12.1 Å². The summed E-state index contributed by atoms with van der Waals surface area (Å²) in [6.07, 6.45) is 6.29. The smallest absolute Gasteiger partial charge is 0.391 e. The van der Waals surface area contributed by atoms with E-state index in [4.69, 9.17) is 4.74 Å². The monoisotopic (exact) mass is 614 g/mol. The maximum atomic E-state index is 13.3. The van der Waals surface area contributed by atoms with E-state index in [1.807, 2.05) is 0 Å². The Morgan fingerprint density at radius 3 is 2.19 bits per heavy atom. The molecule has 4 fully saturated rings. The zero-order valence-electron chi connectivity index (χ0n) is 20.1. The summed E-state index contributed by atoms with van der Waals surface area (Å²) in [5.74, 6) is 3.69. The van der Waals surface area contributed by atoms with Crippen molar-refractivity contribution in [1.29, 1.82) is 0 Å². The van der Waals surface area contributed by atoms with Crippen LogP contribution in [0.5, 0.6) is 0 Å². The van der Waals surface area contributed by atoms with Crippen molar-refractivity contribution in [2.75, 3.05) is 13.7 Å². The Balaban J connectivity index is 0.00000240. The van der Waals surface area contributed by atoms with Crippen LogP contribution in [0.4, 0.5) is 13.2 Å². The fourth-order valence-electron chi connectivity index (χ4n) is 8.63. The minimum atomic E-state index is -3.98. The molecule has 0 heterocycles. The normalized spacial score (nSPS) is 41.2. The second-order valence-electron chi connectivity index (χ2n) is 11.0. The third-order valence-electron chi connectivity index (χ3n) is 9.95. The van der Waals surface area contributed by atoms with Crippen LogP contribution in [0.3, 0.4) is 0 Å².